The second-order valence-corrected chi connectivity index (χ2v) is 5.26. The molecule has 1 saturated carbocycles. The third kappa shape index (κ3) is 2.80. The molecular formula is C12H20N2S. The molecule has 0 spiro atoms. The van der Waals surface area contributed by atoms with Crippen molar-refractivity contribution >= 4 is 11.3 Å². The summed E-state index contributed by atoms with van der Waals surface area (Å²) in [6, 6.07) is 4.94. The van der Waals surface area contributed by atoms with Crippen LogP contribution in [0.5, 0.6) is 0 Å². The lowest BCUT2D eigenvalue weighted by atomic mass is 9.97. The number of nitrogens with one attached hydrogen (secondary N) is 1. The second-order valence-electron chi connectivity index (χ2n) is 4.28. The van der Waals surface area contributed by atoms with E-state index in [-0.39, 0.29) is 0 Å². The molecule has 1 aromatic heterocycles. The van der Waals surface area contributed by atoms with Gasteiger partial charge in [0.15, 0.2) is 0 Å². The molecule has 0 aromatic carbocycles. The van der Waals surface area contributed by atoms with Crippen molar-refractivity contribution in [1.29, 1.82) is 0 Å². The molecule has 0 amide bonds. The Labute approximate surface area is 95.9 Å². The molecule has 1 heterocycles. The molecule has 2 nitrogen and oxygen atoms in total. The quantitative estimate of drug-likeness (QED) is 0.806. The van der Waals surface area contributed by atoms with Gasteiger partial charge in [-0.25, -0.2) is 0 Å². The van der Waals surface area contributed by atoms with Crippen LogP contribution in [0.3, 0.4) is 0 Å². The number of hydrogen-bond donors (Lipinski definition) is 2. The molecule has 1 aliphatic carbocycles. The van der Waals surface area contributed by atoms with E-state index in [1.54, 1.807) is 0 Å². The summed E-state index contributed by atoms with van der Waals surface area (Å²) in [6.07, 6.45) is 5.55. The van der Waals surface area contributed by atoms with Gasteiger partial charge in [-0.1, -0.05) is 18.9 Å². The largest absolute Gasteiger partial charge is 0.329 e. The maximum Gasteiger partial charge on any atom is 0.0443 e. The summed E-state index contributed by atoms with van der Waals surface area (Å²) in [5.41, 5.74) is 5.57. The molecule has 0 aliphatic heterocycles. The van der Waals surface area contributed by atoms with Crippen molar-refractivity contribution in [3.8, 4) is 0 Å². The highest BCUT2D eigenvalue weighted by Crippen LogP contribution is 2.37. The Morgan fingerprint density at radius 3 is 2.87 bits per heavy atom. The first-order valence-corrected chi connectivity index (χ1v) is 6.76. The molecule has 2 rings (SSSR count). The summed E-state index contributed by atoms with van der Waals surface area (Å²) in [7, 11) is 0. The second kappa shape index (κ2) is 5.64. The summed E-state index contributed by atoms with van der Waals surface area (Å²) >= 11 is 1.86. The predicted molar refractivity (Wildman–Crippen MR) is 66.1 cm³/mol. The first-order chi connectivity index (χ1) is 7.42. The third-order valence-corrected chi connectivity index (χ3v) is 4.18. The molecule has 84 valence electrons. The van der Waals surface area contributed by atoms with Crippen molar-refractivity contribution in [2.75, 3.05) is 13.1 Å². The van der Waals surface area contributed by atoms with Crippen molar-refractivity contribution in [3.63, 3.8) is 0 Å². The van der Waals surface area contributed by atoms with Gasteiger partial charge in [0, 0.05) is 24.0 Å². The van der Waals surface area contributed by atoms with Crippen molar-refractivity contribution < 1.29 is 0 Å². The van der Waals surface area contributed by atoms with Gasteiger partial charge >= 0.3 is 0 Å². The van der Waals surface area contributed by atoms with Crippen LogP contribution in [0.15, 0.2) is 17.5 Å². The Kier molecular flexibility index (Phi) is 4.18. The number of nitrogens with two attached hydrogens (primary N) is 1. The fraction of sp³-hybridized carbons (Fsp3) is 0.667. The Morgan fingerprint density at radius 2 is 2.27 bits per heavy atom. The molecule has 0 bridgehead atoms. The minimum atomic E-state index is 0.552. The van der Waals surface area contributed by atoms with Crippen LogP contribution >= 0.6 is 11.3 Å². The van der Waals surface area contributed by atoms with Crippen molar-refractivity contribution in [2.45, 2.75) is 31.7 Å². The van der Waals surface area contributed by atoms with Crippen LogP contribution in [0.1, 0.15) is 36.6 Å². The molecule has 1 fully saturated rings. The zero-order valence-corrected chi connectivity index (χ0v) is 9.93. The summed E-state index contributed by atoms with van der Waals surface area (Å²) in [5.74, 6) is 0.829. The number of hydrogen-bond acceptors (Lipinski definition) is 3. The van der Waals surface area contributed by atoms with E-state index >= 15 is 0 Å². The van der Waals surface area contributed by atoms with E-state index in [2.05, 4.69) is 22.8 Å². The lowest BCUT2D eigenvalue weighted by molar-refractivity contribution is 0.376. The van der Waals surface area contributed by atoms with Crippen molar-refractivity contribution in [2.24, 2.45) is 11.7 Å². The van der Waals surface area contributed by atoms with E-state index in [0.717, 1.165) is 19.0 Å². The Balaban J connectivity index is 2.01. The molecule has 0 saturated heterocycles. The van der Waals surface area contributed by atoms with E-state index in [1.165, 1.54) is 30.6 Å². The molecule has 1 atom stereocenters. The SMILES string of the molecule is NCCNC(c1cccs1)C1CCCC1. The van der Waals surface area contributed by atoms with Crippen LogP contribution in [0, 0.1) is 5.92 Å². The van der Waals surface area contributed by atoms with Gasteiger partial charge in [-0.15, -0.1) is 11.3 Å². The highest BCUT2D eigenvalue weighted by molar-refractivity contribution is 7.10. The molecule has 1 aromatic rings. The highest BCUT2D eigenvalue weighted by atomic mass is 32.1. The van der Waals surface area contributed by atoms with E-state index in [1.807, 2.05) is 11.3 Å². The standard InChI is InChI=1S/C12H20N2S/c13-7-8-14-12(10-4-1-2-5-10)11-6-3-9-15-11/h3,6,9-10,12,14H,1-2,4-5,7-8,13H2. The predicted octanol–water partition coefficient (Wildman–Crippen LogP) is 2.53. The maximum atomic E-state index is 5.57. The smallest absolute Gasteiger partial charge is 0.0443 e. The van der Waals surface area contributed by atoms with Crippen LogP contribution in [0.25, 0.3) is 0 Å². The average molecular weight is 224 g/mol. The van der Waals surface area contributed by atoms with Gasteiger partial charge in [0.05, 0.1) is 0 Å². The fourth-order valence-electron chi connectivity index (χ4n) is 2.50. The van der Waals surface area contributed by atoms with Crippen LogP contribution in [-0.2, 0) is 0 Å². The topological polar surface area (TPSA) is 38.0 Å². The lowest BCUT2D eigenvalue weighted by Gasteiger charge is -2.23. The van der Waals surface area contributed by atoms with E-state index in [4.69, 9.17) is 5.73 Å². The van der Waals surface area contributed by atoms with Crippen LogP contribution in [0.2, 0.25) is 0 Å². The molecule has 3 heteroatoms. The van der Waals surface area contributed by atoms with Gasteiger partial charge < -0.3 is 11.1 Å². The summed E-state index contributed by atoms with van der Waals surface area (Å²) in [5, 5.41) is 5.77. The molecule has 15 heavy (non-hydrogen) atoms. The van der Waals surface area contributed by atoms with Crippen molar-refractivity contribution in [3.05, 3.63) is 22.4 Å². The Bertz CT molecular complexity index is 265. The van der Waals surface area contributed by atoms with Crippen LogP contribution in [-0.4, -0.2) is 13.1 Å². The minimum Gasteiger partial charge on any atom is -0.329 e. The zero-order chi connectivity index (χ0) is 10.5. The van der Waals surface area contributed by atoms with Gasteiger partial charge in [0.1, 0.15) is 0 Å². The molecule has 1 unspecified atom stereocenters. The first-order valence-electron chi connectivity index (χ1n) is 5.88. The zero-order valence-electron chi connectivity index (χ0n) is 9.11. The highest BCUT2D eigenvalue weighted by Gasteiger charge is 2.26. The summed E-state index contributed by atoms with van der Waals surface area (Å²) < 4.78 is 0. The van der Waals surface area contributed by atoms with Gasteiger partial charge in [-0.05, 0) is 30.2 Å². The average Bonchev–Trinajstić information content (AvgIpc) is 2.90. The summed E-state index contributed by atoms with van der Waals surface area (Å²) in [6.45, 7) is 1.66. The Hall–Kier alpha value is -0.380. The van der Waals surface area contributed by atoms with Crippen molar-refractivity contribution in [1.82, 2.24) is 5.32 Å². The fourth-order valence-corrected chi connectivity index (χ4v) is 3.39. The number of rotatable bonds is 5. The monoisotopic (exact) mass is 224 g/mol. The minimum absolute atomic E-state index is 0.552. The number of thiophene rings is 1. The Morgan fingerprint density at radius 1 is 1.47 bits per heavy atom. The maximum absolute atomic E-state index is 5.57. The van der Waals surface area contributed by atoms with E-state index in [9.17, 15) is 0 Å². The normalized spacial score (nSPS) is 19.5. The van der Waals surface area contributed by atoms with Gasteiger partial charge in [-0.2, -0.15) is 0 Å². The third-order valence-electron chi connectivity index (χ3n) is 3.23. The molecular weight excluding hydrogens is 204 g/mol. The first kappa shape index (κ1) is 11.1. The lowest BCUT2D eigenvalue weighted by Crippen LogP contribution is -2.30. The van der Waals surface area contributed by atoms with Gasteiger partial charge in [0.2, 0.25) is 0 Å². The molecule has 0 radical (unpaired) electrons. The molecule has 1 aliphatic rings. The summed E-state index contributed by atoms with van der Waals surface area (Å²) in [4.78, 5) is 1.48. The molecule has 3 N–H and O–H groups in total. The van der Waals surface area contributed by atoms with Crippen LogP contribution < -0.4 is 11.1 Å². The van der Waals surface area contributed by atoms with E-state index < -0.39 is 0 Å². The van der Waals surface area contributed by atoms with Gasteiger partial charge in [-0.3, -0.25) is 0 Å². The van der Waals surface area contributed by atoms with Crippen LogP contribution in [0.4, 0.5) is 0 Å². The van der Waals surface area contributed by atoms with Gasteiger partial charge in [0.25, 0.3) is 0 Å². The van der Waals surface area contributed by atoms with E-state index in [0.29, 0.717) is 6.04 Å².